The van der Waals surface area contributed by atoms with Crippen molar-refractivity contribution < 1.29 is 17.9 Å². The monoisotopic (exact) mass is 340 g/mol. The Morgan fingerprint density at radius 1 is 1.33 bits per heavy atom. The number of nitrogens with zero attached hydrogens (tertiary/aromatic N) is 1. The average Bonchev–Trinajstić information content (AvgIpc) is 2.79. The number of halogens is 3. The van der Waals surface area contributed by atoms with Crippen molar-refractivity contribution in [3.63, 3.8) is 0 Å². The number of aromatic amines is 1. The number of H-pyrrole nitrogens is 1. The maximum absolute atomic E-state index is 12.7. The maximum Gasteiger partial charge on any atom is 0.401 e. The molecule has 132 valence electrons. The van der Waals surface area contributed by atoms with Gasteiger partial charge in [-0.05, 0) is 44.0 Å². The Morgan fingerprint density at radius 3 is 2.71 bits per heavy atom. The Morgan fingerprint density at radius 2 is 2.08 bits per heavy atom. The van der Waals surface area contributed by atoms with Crippen LogP contribution in [0.1, 0.15) is 18.2 Å². The van der Waals surface area contributed by atoms with Gasteiger partial charge in [0, 0.05) is 29.7 Å². The van der Waals surface area contributed by atoms with Gasteiger partial charge in [-0.2, -0.15) is 13.2 Å². The summed E-state index contributed by atoms with van der Waals surface area (Å²) < 4.78 is 43.5. The molecular formula is C18H23F3N2O. The van der Waals surface area contributed by atoms with Crippen molar-refractivity contribution in [2.45, 2.75) is 26.4 Å². The third-order valence-electron chi connectivity index (χ3n) is 3.87. The Labute approximate surface area is 140 Å². The molecule has 6 heteroatoms. The van der Waals surface area contributed by atoms with Crippen LogP contribution in [0.5, 0.6) is 5.75 Å². The largest absolute Gasteiger partial charge is 0.494 e. The number of hydrogen-bond donors (Lipinski definition) is 1. The molecule has 0 saturated carbocycles. The zero-order valence-corrected chi connectivity index (χ0v) is 14.0. The van der Waals surface area contributed by atoms with Gasteiger partial charge in [0.25, 0.3) is 0 Å². The lowest BCUT2D eigenvalue weighted by Gasteiger charge is -2.22. The van der Waals surface area contributed by atoms with Crippen LogP contribution in [0.2, 0.25) is 0 Å². The molecule has 0 atom stereocenters. The molecule has 0 aliphatic heterocycles. The lowest BCUT2D eigenvalue weighted by atomic mass is 10.1. The number of fused-ring (bicyclic) bond motifs is 1. The lowest BCUT2D eigenvalue weighted by Crippen LogP contribution is -2.35. The van der Waals surface area contributed by atoms with Crippen LogP contribution in [0.15, 0.2) is 30.9 Å². The number of alkyl halides is 3. The number of nitrogens with one attached hydrogen (secondary N) is 1. The van der Waals surface area contributed by atoms with Crippen molar-refractivity contribution in [2.24, 2.45) is 0 Å². The first-order valence-electron chi connectivity index (χ1n) is 7.98. The predicted octanol–water partition coefficient (Wildman–Crippen LogP) is 4.47. The molecule has 0 aliphatic rings. The van der Waals surface area contributed by atoms with E-state index in [4.69, 9.17) is 4.74 Å². The highest BCUT2D eigenvalue weighted by molar-refractivity contribution is 5.86. The van der Waals surface area contributed by atoms with E-state index in [9.17, 15) is 13.2 Å². The molecule has 0 amide bonds. The third-order valence-corrected chi connectivity index (χ3v) is 3.87. The summed E-state index contributed by atoms with van der Waals surface area (Å²) in [6, 6.07) is 5.77. The second-order valence-electron chi connectivity index (χ2n) is 5.76. The van der Waals surface area contributed by atoms with Crippen LogP contribution < -0.4 is 4.74 Å². The first-order valence-corrected chi connectivity index (χ1v) is 7.98. The van der Waals surface area contributed by atoms with E-state index in [1.807, 2.05) is 32.0 Å². The van der Waals surface area contributed by atoms with E-state index in [0.29, 0.717) is 19.6 Å². The Bertz CT molecular complexity index is 691. The van der Waals surface area contributed by atoms with Gasteiger partial charge in [0.05, 0.1) is 13.2 Å². The van der Waals surface area contributed by atoms with Crippen LogP contribution in [0.4, 0.5) is 13.2 Å². The molecule has 1 heterocycles. The molecule has 0 aliphatic carbocycles. The molecule has 1 N–H and O–H groups in total. The second-order valence-corrected chi connectivity index (χ2v) is 5.76. The standard InChI is InChI=1S/C18H23F3N2O/c1-4-9-23(12-18(19,20)21)10-8-15-13(3)22-17-7-6-14(24-5-2)11-16(15)17/h4,6-7,11,22H,1,5,8-10,12H2,2-3H3. The van der Waals surface area contributed by atoms with Crippen LogP contribution in [-0.2, 0) is 6.42 Å². The van der Waals surface area contributed by atoms with Gasteiger partial charge < -0.3 is 9.72 Å². The summed E-state index contributed by atoms with van der Waals surface area (Å²) >= 11 is 0. The van der Waals surface area contributed by atoms with Crippen molar-refractivity contribution in [3.05, 3.63) is 42.1 Å². The highest BCUT2D eigenvalue weighted by Crippen LogP contribution is 2.27. The van der Waals surface area contributed by atoms with Crippen LogP contribution in [0.25, 0.3) is 10.9 Å². The zero-order valence-electron chi connectivity index (χ0n) is 14.0. The van der Waals surface area contributed by atoms with E-state index in [1.54, 1.807) is 0 Å². The minimum absolute atomic E-state index is 0.213. The fourth-order valence-corrected chi connectivity index (χ4v) is 2.88. The molecule has 2 rings (SSSR count). The summed E-state index contributed by atoms with van der Waals surface area (Å²) in [5, 5.41) is 1.00. The molecule has 0 spiro atoms. The van der Waals surface area contributed by atoms with Crippen molar-refractivity contribution >= 4 is 10.9 Å². The van der Waals surface area contributed by atoms with Crippen molar-refractivity contribution in [1.29, 1.82) is 0 Å². The number of hydrogen-bond acceptors (Lipinski definition) is 2. The third kappa shape index (κ3) is 4.77. The van der Waals surface area contributed by atoms with E-state index in [1.165, 1.54) is 11.0 Å². The van der Waals surface area contributed by atoms with Gasteiger partial charge in [0.1, 0.15) is 5.75 Å². The number of benzene rings is 1. The van der Waals surface area contributed by atoms with Crippen molar-refractivity contribution in [2.75, 3.05) is 26.2 Å². The van der Waals surface area contributed by atoms with E-state index in [2.05, 4.69) is 11.6 Å². The molecule has 24 heavy (non-hydrogen) atoms. The van der Waals surface area contributed by atoms with Crippen molar-refractivity contribution in [3.8, 4) is 5.75 Å². The van der Waals surface area contributed by atoms with Gasteiger partial charge in [0.2, 0.25) is 0 Å². The van der Waals surface area contributed by atoms with Crippen LogP contribution in [0.3, 0.4) is 0 Å². The number of rotatable bonds is 8. The highest BCUT2D eigenvalue weighted by atomic mass is 19.4. The molecule has 0 bridgehead atoms. The first kappa shape index (κ1) is 18.4. The molecule has 2 aromatic rings. The minimum Gasteiger partial charge on any atom is -0.494 e. The summed E-state index contributed by atoms with van der Waals surface area (Å²) in [6.45, 7) is 7.58. The topological polar surface area (TPSA) is 28.3 Å². The zero-order chi connectivity index (χ0) is 17.7. The van der Waals surface area contributed by atoms with Crippen LogP contribution in [-0.4, -0.2) is 42.3 Å². The molecule has 0 fully saturated rings. The lowest BCUT2D eigenvalue weighted by molar-refractivity contribution is -0.144. The molecule has 0 saturated heterocycles. The van der Waals surface area contributed by atoms with Gasteiger partial charge in [-0.15, -0.1) is 6.58 Å². The smallest absolute Gasteiger partial charge is 0.401 e. The summed E-state index contributed by atoms with van der Waals surface area (Å²) in [6.07, 6.45) is -2.17. The molecule has 3 nitrogen and oxygen atoms in total. The summed E-state index contributed by atoms with van der Waals surface area (Å²) in [4.78, 5) is 4.64. The molecule has 1 aromatic carbocycles. The fraction of sp³-hybridized carbons (Fsp3) is 0.444. The Balaban J connectivity index is 2.19. The normalized spacial score (nSPS) is 12.1. The highest BCUT2D eigenvalue weighted by Gasteiger charge is 2.30. The summed E-state index contributed by atoms with van der Waals surface area (Å²) in [5.74, 6) is 0.767. The summed E-state index contributed by atoms with van der Waals surface area (Å²) in [7, 11) is 0. The molecule has 0 radical (unpaired) electrons. The van der Waals surface area contributed by atoms with Gasteiger partial charge >= 0.3 is 6.18 Å². The first-order chi connectivity index (χ1) is 11.3. The van der Waals surface area contributed by atoms with Gasteiger partial charge in [-0.25, -0.2) is 0 Å². The molecule has 0 unspecified atom stereocenters. The van der Waals surface area contributed by atoms with Gasteiger partial charge in [-0.1, -0.05) is 6.08 Å². The quantitative estimate of drug-likeness (QED) is 0.718. The maximum atomic E-state index is 12.7. The van der Waals surface area contributed by atoms with Gasteiger partial charge in [-0.3, -0.25) is 4.90 Å². The summed E-state index contributed by atoms with van der Waals surface area (Å²) in [5.41, 5.74) is 2.98. The average molecular weight is 340 g/mol. The van der Waals surface area contributed by atoms with E-state index < -0.39 is 12.7 Å². The SMILES string of the molecule is C=CCN(CCc1c(C)[nH]c2ccc(OCC)cc12)CC(F)(F)F. The van der Waals surface area contributed by atoms with E-state index in [0.717, 1.165) is 27.9 Å². The Hall–Kier alpha value is -1.95. The predicted molar refractivity (Wildman–Crippen MR) is 90.6 cm³/mol. The fourth-order valence-electron chi connectivity index (χ4n) is 2.88. The molecule has 1 aromatic heterocycles. The number of aryl methyl sites for hydroxylation is 1. The van der Waals surface area contributed by atoms with Crippen LogP contribution in [0, 0.1) is 6.92 Å². The van der Waals surface area contributed by atoms with Gasteiger partial charge in [0.15, 0.2) is 0 Å². The Kier molecular flexibility index (Phi) is 5.94. The second kappa shape index (κ2) is 7.75. The van der Waals surface area contributed by atoms with Crippen LogP contribution >= 0.6 is 0 Å². The molecular weight excluding hydrogens is 317 g/mol. The van der Waals surface area contributed by atoms with E-state index in [-0.39, 0.29) is 6.54 Å². The number of ether oxygens (including phenoxy) is 1. The minimum atomic E-state index is -4.21. The van der Waals surface area contributed by atoms with Crippen molar-refractivity contribution in [1.82, 2.24) is 9.88 Å². The number of aromatic nitrogens is 1. The van der Waals surface area contributed by atoms with E-state index >= 15 is 0 Å².